The lowest BCUT2D eigenvalue weighted by Gasteiger charge is -2.05. The predicted octanol–water partition coefficient (Wildman–Crippen LogP) is 3.81. The van der Waals surface area contributed by atoms with Gasteiger partial charge < -0.3 is 5.32 Å². The Bertz CT molecular complexity index is 455. The van der Waals surface area contributed by atoms with Gasteiger partial charge in [-0.15, -0.1) is 0 Å². The van der Waals surface area contributed by atoms with Crippen LogP contribution in [0.25, 0.3) is 0 Å². The number of carbonyl (C=O) groups is 1. The average molecular weight is 308 g/mol. The van der Waals surface area contributed by atoms with Crippen LogP contribution in [0.2, 0.25) is 0 Å². The molecule has 0 aliphatic carbocycles. The molecular formula is C11H9BrF3NO. The highest BCUT2D eigenvalue weighted by Crippen LogP contribution is 2.23. The maximum Gasteiger partial charge on any atom is 0.454 e. The molecule has 0 atom stereocenters. The average Bonchev–Trinajstić information content (AvgIpc) is 2.21. The molecule has 0 spiro atoms. The van der Waals surface area contributed by atoms with Gasteiger partial charge in [0.05, 0.1) is 5.69 Å². The molecule has 0 saturated carbocycles. The molecule has 1 aromatic rings. The zero-order valence-corrected chi connectivity index (χ0v) is 10.4. The first kappa shape index (κ1) is 13.8. The van der Waals surface area contributed by atoms with E-state index >= 15 is 0 Å². The Morgan fingerprint density at radius 3 is 2.65 bits per heavy atom. The maximum absolute atomic E-state index is 11.9. The maximum atomic E-state index is 11.9. The molecule has 0 bridgehead atoms. The summed E-state index contributed by atoms with van der Waals surface area (Å²) in [4.78, 5) is 10.5. The zero-order valence-electron chi connectivity index (χ0n) is 8.81. The van der Waals surface area contributed by atoms with Crippen molar-refractivity contribution in [3.8, 4) is 0 Å². The van der Waals surface area contributed by atoms with Gasteiger partial charge in [0, 0.05) is 16.7 Å². The number of alkyl halides is 3. The first-order valence-corrected chi connectivity index (χ1v) is 5.40. The number of anilines is 1. The number of benzene rings is 1. The first-order chi connectivity index (χ1) is 7.80. The molecule has 1 N–H and O–H groups in total. The minimum Gasteiger partial charge on any atom is -0.361 e. The van der Waals surface area contributed by atoms with Gasteiger partial charge >= 0.3 is 6.18 Å². The summed E-state index contributed by atoms with van der Waals surface area (Å²) in [6, 6.07) is 5.35. The van der Waals surface area contributed by atoms with Crippen LogP contribution in [-0.4, -0.2) is 12.0 Å². The fraction of sp³-hybridized carbons (Fsp3) is 0.182. The number of allylic oxidation sites excluding steroid dienone is 1. The second kappa shape index (κ2) is 5.35. The van der Waals surface area contributed by atoms with Crippen molar-refractivity contribution in [2.75, 3.05) is 5.32 Å². The Labute approximate surface area is 105 Å². The van der Waals surface area contributed by atoms with E-state index in [4.69, 9.17) is 0 Å². The third-order valence-electron chi connectivity index (χ3n) is 1.87. The van der Waals surface area contributed by atoms with E-state index in [0.717, 1.165) is 11.8 Å². The Balaban J connectivity index is 2.71. The number of hydrogen-bond acceptors (Lipinski definition) is 2. The van der Waals surface area contributed by atoms with Gasteiger partial charge in [0.15, 0.2) is 0 Å². The molecule has 0 aliphatic rings. The topological polar surface area (TPSA) is 29.1 Å². The summed E-state index contributed by atoms with van der Waals surface area (Å²) in [7, 11) is 0. The number of aryl methyl sites for hydroxylation is 1. The summed E-state index contributed by atoms with van der Waals surface area (Å²) in [5.41, 5.74) is 1.54. The smallest absolute Gasteiger partial charge is 0.361 e. The Kier molecular flexibility index (Phi) is 4.34. The SMILES string of the molecule is Cc1ccc(Br)c(NC=CC(=O)C(F)(F)F)c1. The summed E-state index contributed by atoms with van der Waals surface area (Å²) in [6.07, 6.45) is -3.41. The molecule has 0 heterocycles. The van der Waals surface area contributed by atoms with Crippen LogP contribution in [0, 0.1) is 6.92 Å². The first-order valence-electron chi connectivity index (χ1n) is 4.61. The quantitative estimate of drug-likeness (QED) is 0.860. The standard InChI is InChI=1S/C11H9BrF3NO/c1-7-2-3-8(12)9(6-7)16-5-4-10(17)11(13,14)15/h2-6,16H,1H3. The fourth-order valence-electron chi connectivity index (χ4n) is 1.05. The van der Waals surface area contributed by atoms with Gasteiger partial charge in [-0.25, -0.2) is 0 Å². The highest BCUT2D eigenvalue weighted by molar-refractivity contribution is 9.10. The van der Waals surface area contributed by atoms with E-state index in [-0.39, 0.29) is 0 Å². The van der Waals surface area contributed by atoms with Crippen molar-refractivity contribution in [1.29, 1.82) is 0 Å². The highest BCUT2D eigenvalue weighted by Gasteiger charge is 2.35. The van der Waals surface area contributed by atoms with Crippen molar-refractivity contribution in [2.24, 2.45) is 0 Å². The number of ketones is 1. The largest absolute Gasteiger partial charge is 0.454 e. The lowest BCUT2D eigenvalue weighted by Crippen LogP contribution is -2.20. The number of carbonyl (C=O) groups excluding carboxylic acids is 1. The Morgan fingerprint density at radius 1 is 1.41 bits per heavy atom. The van der Waals surface area contributed by atoms with Gasteiger partial charge in [-0.2, -0.15) is 13.2 Å². The monoisotopic (exact) mass is 307 g/mol. The third kappa shape index (κ3) is 4.22. The lowest BCUT2D eigenvalue weighted by molar-refractivity contribution is -0.165. The van der Waals surface area contributed by atoms with E-state index in [9.17, 15) is 18.0 Å². The fourth-order valence-corrected chi connectivity index (χ4v) is 1.41. The van der Waals surface area contributed by atoms with Crippen molar-refractivity contribution in [3.63, 3.8) is 0 Å². The number of rotatable bonds is 3. The Hall–Kier alpha value is -1.30. The Morgan fingerprint density at radius 2 is 2.06 bits per heavy atom. The van der Waals surface area contributed by atoms with Crippen molar-refractivity contribution in [3.05, 3.63) is 40.5 Å². The van der Waals surface area contributed by atoms with Gasteiger partial charge in [0.1, 0.15) is 0 Å². The second-order valence-electron chi connectivity index (χ2n) is 3.32. The van der Waals surface area contributed by atoms with Crippen molar-refractivity contribution in [2.45, 2.75) is 13.1 Å². The van der Waals surface area contributed by atoms with Crippen LogP contribution in [0.3, 0.4) is 0 Å². The van der Waals surface area contributed by atoms with Crippen LogP contribution < -0.4 is 5.32 Å². The van der Waals surface area contributed by atoms with E-state index in [2.05, 4.69) is 21.2 Å². The number of hydrogen-bond donors (Lipinski definition) is 1. The number of nitrogens with one attached hydrogen (secondary N) is 1. The minimum absolute atomic E-state index is 0.453. The summed E-state index contributed by atoms with van der Waals surface area (Å²) in [6.45, 7) is 1.85. The molecule has 92 valence electrons. The van der Waals surface area contributed by atoms with Gasteiger partial charge in [-0.05, 0) is 40.5 Å². The van der Waals surface area contributed by atoms with Crippen molar-refractivity contribution >= 4 is 27.4 Å². The molecule has 1 aromatic carbocycles. The minimum atomic E-state index is -4.83. The predicted molar refractivity (Wildman–Crippen MR) is 62.7 cm³/mol. The van der Waals surface area contributed by atoms with Crippen molar-refractivity contribution in [1.82, 2.24) is 0 Å². The van der Waals surface area contributed by atoms with E-state index in [0.29, 0.717) is 16.2 Å². The molecule has 0 unspecified atom stereocenters. The molecule has 0 radical (unpaired) electrons. The molecule has 0 fully saturated rings. The van der Waals surface area contributed by atoms with E-state index < -0.39 is 12.0 Å². The molecule has 1 rings (SSSR count). The van der Waals surface area contributed by atoms with Crippen LogP contribution in [0.5, 0.6) is 0 Å². The molecule has 0 amide bonds. The van der Waals surface area contributed by atoms with Crippen LogP contribution in [-0.2, 0) is 4.79 Å². The van der Waals surface area contributed by atoms with Gasteiger partial charge in [0.25, 0.3) is 5.78 Å². The highest BCUT2D eigenvalue weighted by atomic mass is 79.9. The summed E-state index contributed by atoms with van der Waals surface area (Å²) in [5, 5.41) is 2.61. The molecule has 17 heavy (non-hydrogen) atoms. The lowest BCUT2D eigenvalue weighted by atomic mass is 10.2. The van der Waals surface area contributed by atoms with Crippen LogP contribution >= 0.6 is 15.9 Å². The van der Waals surface area contributed by atoms with Gasteiger partial charge in [0.2, 0.25) is 0 Å². The van der Waals surface area contributed by atoms with Gasteiger partial charge in [-0.3, -0.25) is 4.79 Å². The van der Waals surface area contributed by atoms with Crippen LogP contribution in [0.1, 0.15) is 5.56 Å². The molecule has 0 aromatic heterocycles. The summed E-state index contributed by atoms with van der Waals surface area (Å²) >= 11 is 3.23. The van der Waals surface area contributed by atoms with E-state index in [1.54, 1.807) is 12.1 Å². The van der Waals surface area contributed by atoms with Gasteiger partial charge in [-0.1, -0.05) is 6.07 Å². The molecule has 6 heteroatoms. The van der Waals surface area contributed by atoms with Crippen LogP contribution in [0.15, 0.2) is 34.9 Å². The summed E-state index contributed by atoms with van der Waals surface area (Å²) in [5.74, 6) is -1.89. The van der Waals surface area contributed by atoms with Crippen LogP contribution in [0.4, 0.5) is 18.9 Å². The van der Waals surface area contributed by atoms with Crippen molar-refractivity contribution < 1.29 is 18.0 Å². The molecule has 2 nitrogen and oxygen atoms in total. The second-order valence-corrected chi connectivity index (χ2v) is 4.18. The van der Waals surface area contributed by atoms with E-state index in [1.807, 2.05) is 13.0 Å². The normalized spacial score (nSPS) is 11.8. The zero-order chi connectivity index (χ0) is 13.1. The molecule has 0 saturated heterocycles. The molecule has 0 aliphatic heterocycles. The van der Waals surface area contributed by atoms with E-state index in [1.165, 1.54) is 0 Å². The molecular weight excluding hydrogens is 299 g/mol. The third-order valence-corrected chi connectivity index (χ3v) is 2.57. The number of halogens is 4. The summed E-state index contributed by atoms with van der Waals surface area (Å²) < 4.78 is 36.3.